The Balaban J connectivity index is 2.26. The highest BCUT2D eigenvalue weighted by Crippen LogP contribution is 2.26. The monoisotopic (exact) mass is 246 g/mol. The van der Waals surface area contributed by atoms with E-state index < -0.39 is 5.60 Å². The second kappa shape index (κ2) is 4.78. The summed E-state index contributed by atoms with van der Waals surface area (Å²) < 4.78 is 13.1. The van der Waals surface area contributed by atoms with Crippen molar-refractivity contribution >= 4 is 0 Å². The molecule has 1 unspecified atom stereocenters. The molecular formula is C15H15FO2. The summed E-state index contributed by atoms with van der Waals surface area (Å²) in [5, 5.41) is 19.8. The van der Waals surface area contributed by atoms with Crippen LogP contribution < -0.4 is 0 Å². The highest BCUT2D eigenvalue weighted by atomic mass is 19.1. The molecule has 2 aromatic carbocycles. The van der Waals surface area contributed by atoms with Crippen LogP contribution in [0.25, 0.3) is 0 Å². The molecule has 0 heterocycles. The van der Waals surface area contributed by atoms with Crippen molar-refractivity contribution in [1.82, 2.24) is 0 Å². The van der Waals surface area contributed by atoms with E-state index >= 15 is 0 Å². The van der Waals surface area contributed by atoms with E-state index in [1.807, 2.05) is 6.07 Å². The summed E-state index contributed by atoms with van der Waals surface area (Å²) in [7, 11) is 0. The maximum absolute atomic E-state index is 13.1. The average Bonchev–Trinajstić information content (AvgIpc) is 2.28. The molecule has 0 aliphatic rings. The number of rotatable bonds is 3. The SMILES string of the molecule is CC(O)(Cc1cccc(O)c1)c1cccc(F)c1. The van der Waals surface area contributed by atoms with E-state index in [4.69, 9.17) is 0 Å². The Labute approximate surface area is 105 Å². The van der Waals surface area contributed by atoms with Crippen molar-refractivity contribution in [2.45, 2.75) is 18.9 Å². The molecule has 94 valence electrons. The molecule has 0 aliphatic carbocycles. The van der Waals surface area contributed by atoms with Gasteiger partial charge in [0.1, 0.15) is 11.6 Å². The summed E-state index contributed by atoms with van der Waals surface area (Å²) in [6.45, 7) is 1.63. The molecule has 0 aliphatic heterocycles. The van der Waals surface area contributed by atoms with E-state index in [1.165, 1.54) is 12.1 Å². The van der Waals surface area contributed by atoms with E-state index in [9.17, 15) is 14.6 Å². The molecule has 0 aromatic heterocycles. The highest BCUT2D eigenvalue weighted by molar-refractivity contribution is 5.31. The smallest absolute Gasteiger partial charge is 0.123 e. The largest absolute Gasteiger partial charge is 0.508 e. The third-order valence-corrected chi connectivity index (χ3v) is 2.91. The summed E-state index contributed by atoms with van der Waals surface area (Å²) >= 11 is 0. The Bertz CT molecular complexity index is 550. The van der Waals surface area contributed by atoms with E-state index in [0.29, 0.717) is 12.0 Å². The number of benzene rings is 2. The lowest BCUT2D eigenvalue weighted by Gasteiger charge is -2.24. The standard InChI is InChI=1S/C15H15FO2/c1-15(18,12-5-3-6-13(16)9-12)10-11-4-2-7-14(17)8-11/h2-9,17-18H,10H2,1H3. The predicted octanol–water partition coefficient (Wildman–Crippen LogP) is 2.98. The highest BCUT2D eigenvalue weighted by Gasteiger charge is 2.24. The fourth-order valence-electron chi connectivity index (χ4n) is 1.99. The Morgan fingerprint density at radius 2 is 1.83 bits per heavy atom. The van der Waals surface area contributed by atoms with Crippen molar-refractivity contribution in [1.29, 1.82) is 0 Å². The molecule has 2 aromatic rings. The van der Waals surface area contributed by atoms with Gasteiger partial charge in [0.05, 0.1) is 5.60 Å². The molecule has 0 fully saturated rings. The molecule has 2 nitrogen and oxygen atoms in total. The van der Waals surface area contributed by atoms with Gasteiger partial charge < -0.3 is 10.2 Å². The van der Waals surface area contributed by atoms with Crippen molar-refractivity contribution in [3.8, 4) is 5.75 Å². The molecule has 18 heavy (non-hydrogen) atoms. The van der Waals surface area contributed by atoms with Gasteiger partial charge in [0, 0.05) is 6.42 Å². The zero-order valence-electron chi connectivity index (χ0n) is 10.1. The van der Waals surface area contributed by atoms with Gasteiger partial charge in [0.25, 0.3) is 0 Å². The molecule has 0 bridgehead atoms. The minimum Gasteiger partial charge on any atom is -0.508 e. The number of halogens is 1. The van der Waals surface area contributed by atoms with Gasteiger partial charge in [-0.15, -0.1) is 0 Å². The van der Waals surface area contributed by atoms with Crippen LogP contribution >= 0.6 is 0 Å². The Hall–Kier alpha value is -1.87. The molecule has 0 saturated heterocycles. The molecule has 1 atom stereocenters. The quantitative estimate of drug-likeness (QED) is 0.874. The number of phenols is 1. The van der Waals surface area contributed by atoms with Crippen LogP contribution in [0.5, 0.6) is 5.75 Å². The second-order valence-electron chi connectivity index (χ2n) is 4.63. The number of phenolic OH excluding ortho intramolecular Hbond substituents is 1. The Morgan fingerprint density at radius 1 is 1.11 bits per heavy atom. The van der Waals surface area contributed by atoms with Crippen molar-refractivity contribution in [3.63, 3.8) is 0 Å². The van der Waals surface area contributed by atoms with E-state index in [0.717, 1.165) is 5.56 Å². The number of hydrogen-bond donors (Lipinski definition) is 2. The normalized spacial score (nSPS) is 14.2. The molecular weight excluding hydrogens is 231 g/mol. The number of aliphatic hydroxyl groups is 1. The summed E-state index contributed by atoms with van der Waals surface area (Å²) in [4.78, 5) is 0. The zero-order chi connectivity index (χ0) is 13.2. The maximum Gasteiger partial charge on any atom is 0.123 e. The molecule has 0 amide bonds. The summed E-state index contributed by atoms with van der Waals surface area (Å²) in [5.74, 6) is -0.216. The number of aromatic hydroxyl groups is 1. The van der Waals surface area contributed by atoms with Crippen LogP contribution in [-0.2, 0) is 12.0 Å². The van der Waals surface area contributed by atoms with Crippen molar-refractivity contribution < 1.29 is 14.6 Å². The average molecular weight is 246 g/mol. The molecule has 2 N–H and O–H groups in total. The minimum absolute atomic E-state index is 0.155. The van der Waals surface area contributed by atoms with Gasteiger partial charge in [0.15, 0.2) is 0 Å². The van der Waals surface area contributed by atoms with E-state index in [1.54, 1.807) is 37.3 Å². The van der Waals surface area contributed by atoms with Gasteiger partial charge in [0.2, 0.25) is 0 Å². The first-order valence-corrected chi connectivity index (χ1v) is 5.74. The van der Waals surface area contributed by atoms with Gasteiger partial charge in [-0.3, -0.25) is 0 Å². The van der Waals surface area contributed by atoms with Crippen LogP contribution in [0.3, 0.4) is 0 Å². The van der Waals surface area contributed by atoms with Crippen LogP contribution in [0, 0.1) is 5.82 Å². The van der Waals surface area contributed by atoms with Crippen LogP contribution in [0.1, 0.15) is 18.1 Å². The summed E-state index contributed by atoms with van der Waals surface area (Å²) in [6.07, 6.45) is 0.310. The summed E-state index contributed by atoms with van der Waals surface area (Å²) in [6, 6.07) is 12.6. The minimum atomic E-state index is -1.17. The Kier molecular flexibility index (Phi) is 3.34. The molecule has 2 rings (SSSR count). The third kappa shape index (κ3) is 2.87. The Morgan fingerprint density at radius 3 is 2.50 bits per heavy atom. The van der Waals surface area contributed by atoms with Crippen molar-refractivity contribution in [2.24, 2.45) is 0 Å². The molecule has 0 radical (unpaired) electrons. The van der Waals surface area contributed by atoms with Gasteiger partial charge in [-0.2, -0.15) is 0 Å². The lowest BCUT2D eigenvalue weighted by Crippen LogP contribution is -2.24. The van der Waals surface area contributed by atoms with Crippen LogP contribution in [0.15, 0.2) is 48.5 Å². The van der Waals surface area contributed by atoms with Gasteiger partial charge >= 0.3 is 0 Å². The first-order chi connectivity index (χ1) is 8.47. The second-order valence-corrected chi connectivity index (χ2v) is 4.63. The van der Waals surface area contributed by atoms with Crippen LogP contribution in [-0.4, -0.2) is 10.2 Å². The first kappa shape index (κ1) is 12.6. The van der Waals surface area contributed by atoms with Crippen LogP contribution in [0.2, 0.25) is 0 Å². The maximum atomic E-state index is 13.1. The number of hydrogen-bond acceptors (Lipinski definition) is 2. The van der Waals surface area contributed by atoms with Crippen LogP contribution in [0.4, 0.5) is 4.39 Å². The zero-order valence-corrected chi connectivity index (χ0v) is 10.1. The summed E-state index contributed by atoms with van der Waals surface area (Å²) in [5.41, 5.74) is 0.144. The van der Waals surface area contributed by atoms with Crippen molar-refractivity contribution in [2.75, 3.05) is 0 Å². The molecule has 0 spiro atoms. The van der Waals surface area contributed by atoms with Gasteiger partial charge in [-0.25, -0.2) is 4.39 Å². The van der Waals surface area contributed by atoms with Crippen molar-refractivity contribution in [3.05, 3.63) is 65.5 Å². The third-order valence-electron chi connectivity index (χ3n) is 2.91. The predicted molar refractivity (Wildman–Crippen MR) is 67.8 cm³/mol. The lowest BCUT2D eigenvalue weighted by atomic mass is 9.89. The topological polar surface area (TPSA) is 40.5 Å². The lowest BCUT2D eigenvalue weighted by molar-refractivity contribution is 0.0572. The van der Waals surface area contributed by atoms with Gasteiger partial charge in [-0.05, 0) is 42.3 Å². The van der Waals surface area contributed by atoms with E-state index in [2.05, 4.69) is 0 Å². The van der Waals surface area contributed by atoms with E-state index in [-0.39, 0.29) is 11.6 Å². The van der Waals surface area contributed by atoms with Gasteiger partial charge in [-0.1, -0.05) is 24.3 Å². The molecule has 3 heteroatoms. The first-order valence-electron chi connectivity index (χ1n) is 5.74. The fourth-order valence-corrected chi connectivity index (χ4v) is 1.99. The molecule has 0 saturated carbocycles. The fraction of sp³-hybridized carbons (Fsp3) is 0.200.